The SMILES string of the molecule is CCC(CC)n1ncc(C(=O)N2CCC(C)CC2C(=O)O)c1C. The Bertz CT molecular complexity index is 578. The monoisotopic (exact) mass is 321 g/mol. The van der Waals surface area contributed by atoms with E-state index >= 15 is 0 Å². The first kappa shape index (κ1) is 17.5. The summed E-state index contributed by atoms with van der Waals surface area (Å²) in [7, 11) is 0. The van der Waals surface area contributed by atoms with Crippen LogP contribution in [-0.2, 0) is 4.79 Å². The molecule has 6 heteroatoms. The summed E-state index contributed by atoms with van der Waals surface area (Å²) in [4.78, 5) is 25.9. The molecule has 1 saturated heterocycles. The fraction of sp³-hybridized carbons (Fsp3) is 0.706. The van der Waals surface area contributed by atoms with E-state index in [1.807, 2.05) is 18.5 Å². The molecule has 6 nitrogen and oxygen atoms in total. The summed E-state index contributed by atoms with van der Waals surface area (Å²) >= 11 is 0. The van der Waals surface area contributed by atoms with Crippen molar-refractivity contribution in [3.8, 4) is 0 Å². The van der Waals surface area contributed by atoms with Gasteiger partial charge in [0.2, 0.25) is 0 Å². The lowest BCUT2D eigenvalue weighted by Crippen LogP contribution is -2.49. The first-order chi connectivity index (χ1) is 10.9. The number of likely N-dealkylation sites (tertiary alicyclic amines) is 1. The van der Waals surface area contributed by atoms with Crippen LogP contribution in [0.2, 0.25) is 0 Å². The van der Waals surface area contributed by atoms with Gasteiger partial charge in [-0.15, -0.1) is 0 Å². The lowest BCUT2D eigenvalue weighted by atomic mass is 9.92. The van der Waals surface area contributed by atoms with Gasteiger partial charge in [-0.3, -0.25) is 9.48 Å². The molecule has 2 heterocycles. The highest BCUT2D eigenvalue weighted by atomic mass is 16.4. The third-order valence-electron chi connectivity index (χ3n) is 4.97. The van der Waals surface area contributed by atoms with Crippen LogP contribution in [0.3, 0.4) is 0 Å². The number of aromatic nitrogens is 2. The zero-order chi connectivity index (χ0) is 17.1. The highest BCUT2D eigenvalue weighted by molar-refractivity contribution is 5.97. The van der Waals surface area contributed by atoms with Crippen molar-refractivity contribution < 1.29 is 14.7 Å². The molecule has 2 rings (SSSR count). The summed E-state index contributed by atoms with van der Waals surface area (Å²) < 4.78 is 1.90. The van der Waals surface area contributed by atoms with Crippen molar-refractivity contribution in [3.63, 3.8) is 0 Å². The number of piperidine rings is 1. The first-order valence-corrected chi connectivity index (χ1v) is 8.48. The molecule has 0 bridgehead atoms. The van der Waals surface area contributed by atoms with Crippen LogP contribution in [-0.4, -0.2) is 44.3 Å². The van der Waals surface area contributed by atoms with Crippen LogP contribution < -0.4 is 0 Å². The maximum atomic E-state index is 12.9. The Morgan fingerprint density at radius 3 is 2.61 bits per heavy atom. The van der Waals surface area contributed by atoms with Crippen molar-refractivity contribution >= 4 is 11.9 Å². The van der Waals surface area contributed by atoms with Gasteiger partial charge in [0.15, 0.2) is 0 Å². The molecule has 0 radical (unpaired) electrons. The van der Waals surface area contributed by atoms with Gasteiger partial charge in [0.1, 0.15) is 6.04 Å². The molecule has 0 saturated carbocycles. The standard InChI is InChI=1S/C17H27N3O3/c1-5-13(6-2)20-12(4)14(10-18-20)16(21)19-8-7-11(3)9-15(19)17(22)23/h10-11,13,15H,5-9H2,1-4H3,(H,22,23). The van der Waals surface area contributed by atoms with Gasteiger partial charge in [0, 0.05) is 12.2 Å². The predicted octanol–water partition coefficient (Wildman–Crippen LogP) is 2.88. The molecule has 23 heavy (non-hydrogen) atoms. The maximum Gasteiger partial charge on any atom is 0.326 e. The van der Waals surface area contributed by atoms with Crippen LogP contribution in [0.5, 0.6) is 0 Å². The zero-order valence-corrected chi connectivity index (χ0v) is 14.5. The minimum atomic E-state index is -0.921. The number of aliphatic carboxylic acids is 1. The molecular weight excluding hydrogens is 294 g/mol. The van der Waals surface area contributed by atoms with E-state index in [4.69, 9.17) is 0 Å². The molecule has 2 unspecified atom stereocenters. The van der Waals surface area contributed by atoms with Crippen molar-refractivity contribution in [1.29, 1.82) is 0 Å². The van der Waals surface area contributed by atoms with E-state index in [-0.39, 0.29) is 11.9 Å². The van der Waals surface area contributed by atoms with E-state index in [1.54, 1.807) is 6.20 Å². The van der Waals surface area contributed by atoms with E-state index in [9.17, 15) is 14.7 Å². The van der Waals surface area contributed by atoms with Gasteiger partial charge >= 0.3 is 5.97 Å². The van der Waals surface area contributed by atoms with Gasteiger partial charge < -0.3 is 10.0 Å². The lowest BCUT2D eigenvalue weighted by Gasteiger charge is -2.36. The molecule has 1 N–H and O–H groups in total. The topological polar surface area (TPSA) is 75.4 Å². The molecule has 1 fully saturated rings. The van der Waals surface area contributed by atoms with Crippen LogP contribution in [0.4, 0.5) is 0 Å². The Labute approximate surface area is 137 Å². The van der Waals surface area contributed by atoms with Crippen LogP contribution >= 0.6 is 0 Å². The fourth-order valence-corrected chi connectivity index (χ4v) is 3.41. The molecule has 0 spiro atoms. The van der Waals surface area contributed by atoms with E-state index in [2.05, 4.69) is 18.9 Å². The summed E-state index contributed by atoms with van der Waals surface area (Å²) in [6, 6.07) is -0.463. The number of nitrogens with zero attached hydrogens (tertiary/aromatic N) is 3. The van der Waals surface area contributed by atoms with E-state index in [0.717, 1.165) is 25.0 Å². The van der Waals surface area contributed by atoms with Gasteiger partial charge in [0.05, 0.1) is 17.8 Å². The second-order valence-corrected chi connectivity index (χ2v) is 6.54. The van der Waals surface area contributed by atoms with Crippen molar-refractivity contribution in [2.75, 3.05) is 6.54 Å². The number of amides is 1. The summed E-state index contributed by atoms with van der Waals surface area (Å²) in [6.45, 7) is 8.62. The molecule has 1 aromatic rings. The van der Waals surface area contributed by atoms with E-state index < -0.39 is 12.0 Å². The van der Waals surface area contributed by atoms with E-state index in [1.165, 1.54) is 4.90 Å². The second kappa shape index (κ2) is 7.15. The lowest BCUT2D eigenvalue weighted by molar-refractivity contribution is -0.144. The number of carboxylic acid groups (broad SMARTS) is 1. The average Bonchev–Trinajstić information content (AvgIpc) is 2.90. The molecule has 2 atom stereocenters. The van der Waals surface area contributed by atoms with Gasteiger partial charge in [-0.1, -0.05) is 20.8 Å². The summed E-state index contributed by atoms with van der Waals surface area (Å²) in [5.41, 5.74) is 1.35. The van der Waals surface area contributed by atoms with Crippen LogP contribution in [0.15, 0.2) is 6.20 Å². The Kier molecular flexibility index (Phi) is 5.44. The predicted molar refractivity (Wildman–Crippen MR) is 87.4 cm³/mol. The number of carbonyl (C=O) groups excluding carboxylic acids is 1. The smallest absolute Gasteiger partial charge is 0.326 e. The van der Waals surface area contributed by atoms with Gasteiger partial charge in [0.25, 0.3) is 5.91 Å². The summed E-state index contributed by atoms with van der Waals surface area (Å²) in [6.07, 6.45) is 4.85. The van der Waals surface area contributed by atoms with Crippen molar-refractivity contribution in [3.05, 3.63) is 17.5 Å². The fourth-order valence-electron chi connectivity index (χ4n) is 3.41. The first-order valence-electron chi connectivity index (χ1n) is 8.48. The normalized spacial score (nSPS) is 21.7. The highest BCUT2D eigenvalue weighted by Crippen LogP contribution is 2.26. The van der Waals surface area contributed by atoms with Crippen molar-refractivity contribution in [2.45, 2.75) is 65.5 Å². The third-order valence-corrected chi connectivity index (χ3v) is 4.97. The number of hydrogen-bond donors (Lipinski definition) is 1. The maximum absolute atomic E-state index is 12.9. The Hall–Kier alpha value is -1.85. The number of carbonyl (C=O) groups is 2. The largest absolute Gasteiger partial charge is 0.480 e. The molecule has 1 aliphatic heterocycles. The minimum absolute atomic E-state index is 0.209. The van der Waals surface area contributed by atoms with Crippen molar-refractivity contribution in [1.82, 2.24) is 14.7 Å². The van der Waals surface area contributed by atoms with Crippen LogP contribution in [0, 0.1) is 12.8 Å². The van der Waals surface area contributed by atoms with Crippen molar-refractivity contribution in [2.24, 2.45) is 5.92 Å². The molecule has 128 valence electrons. The molecular formula is C17H27N3O3. The Morgan fingerprint density at radius 2 is 2.04 bits per heavy atom. The third kappa shape index (κ3) is 3.41. The van der Waals surface area contributed by atoms with Gasteiger partial charge in [-0.05, 0) is 38.5 Å². The van der Waals surface area contributed by atoms with Gasteiger partial charge in [-0.25, -0.2) is 4.79 Å². The summed E-state index contributed by atoms with van der Waals surface area (Å²) in [5, 5.41) is 13.8. The molecule has 1 aliphatic rings. The molecule has 1 aromatic heterocycles. The van der Waals surface area contributed by atoms with Crippen LogP contribution in [0.25, 0.3) is 0 Å². The zero-order valence-electron chi connectivity index (χ0n) is 14.5. The number of rotatable bonds is 5. The minimum Gasteiger partial charge on any atom is -0.480 e. The number of hydrogen-bond acceptors (Lipinski definition) is 3. The van der Waals surface area contributed by atoms with Crippen LogP contribution in [0.1, 0.15) is 68.5 Å². The second-order valence-electron chi connectivity index (χ2n) is 6.54. The Morgan fingerprint density at radius 1 is 1.39 bits per heavy atom. The summed E-state index contributed by atoms with van der Waals surface area (Å²) in [5.74, 6) is -0.803. The Balaban J connectivity index is 2.28. The highest BCUT2D eigenvalue weighted by Gasteiger charge is 2.36. The molecule has 0 aromatic carbocycles. The average molecular weight is 321 g/mol. The molecule has 1 amide bonds. The molecule has 0 aliphatic carbocycles. The number of carboxylic acids is 1. The quantitative estimate of drug-likeness (QED) is 0.905. The van der Waals surface area contributed by atoms with Gasteiger partial charge in [-0.2, -0.15) is 5.10 Å². The van der Waals surface area contributed by atoms with E-state index in [0.29, 0.717) is 24.4 Å².